The topological polar surface area (TPSA) is 15.3 Å². The van der Waals surface area contributed by atoms with Crippen molar-refractivity contribution in [1.29, 1.82) is 0 Å². The van der Waals surface area contributed by atoms with Crippen LogP contribution in [0.1, 0.15) is 25.7 Å². The summed E-state index contributed by atoms with van der Waals surface area (Å²) in [6.07, 6.45) is 2.91. The SMILES string of the molecule is FC1(F)CCCN(C2CCCNC2)C1. The lowest BCUT2D eigenvalue weighted by Crippen LogP contribution is -2.52. The molecule has 2 fully saturated rings. The summed E-state index contributed by atoms with van der Waals surface area (Å²) in [5.41, 5.74) is 0. The van der Waals surface area contributed by atoms with Crippen molar-refractivity contribution in [3.8, 4) is 0 Å². The lowest BCUT2D eigenvalue weighted by atomic mass is 10.0. The van der Waals surface area contributed by atoms with Crippen LogP contribution in [-0.4, -0.2) is 43.0 Å². The standard InChI is InChI=1S/C10H18F2N2/c11-10(12)4-2-6-14(8-10)9-3-1-5-13-7-9/h9,13H,1-8H2. The first-order valence-electron chi connectivity index (χ1n) is 5.50. The first-order chi connectivity index (χ1) is 6.67. The second-order valence-electron chi connectivity index (χ2n) is 4.43. The van der Waals surface area contributed by atoms with Gasteiger partial charge in [-0.15, -0.1) is 0 Å². The molecule has 2 heterocycles. The molecule has 82 valence electrons. The summed E-state index contributed by atoms with van der Waals surface area (Å²) in [4.78, 5) is 1.97. The van der Waals surface area contributed by atoms with E-state index in [0.717, 1.165) is 32.5 Å². The summed E-state index contributed by atoms with van der Waals surface area (Å²) in [6, 6.07) is 0.343. The Morgan fingerprint density at radius 1 is 1.29 bits per heavy atom. The average Bonchev–Trinajstić information content (AvgIpc) is 2.18. The Morgan fingerprint density at radius 2 is 2.14 bits per heavy atom. The van der Waals surface area contributed by atoms with Gasteiger partial charge in [0.2, 0.25) is 0 Å². The third-order valence-corrected chi connectivity index (χ3v) is 3.21. The fourth-order valence-electron chi connectivity index (χ4n) is 2.45. The molecule has 2 rings (SSSR count). The summed E-state index contributed by atoms with van der Waals surface area (Å²) in [6.45, 7) is 2.75. The number of alkyl halides is 2. The molecule has 2 aliphatic heterocycles. The molecule has 0 aromatic rings. The minimum absolute atomic E-state index is 0.0284. The van der Waals surface area contributed by atoms with Crippen molar-refractivity contribution in [2.24, 2.45) is 0 Å². The number of halogens is 2. The molecule has 0 aliphatic carbocycles. The maximum absolute atomic E-state index is 13.1. The second-order valence-corrected chi connectivity index (χ2v) is 4.43. The molecule has 1 atom stereocenters. The lowest BCUT2D eigenvalue weighted by molar-refractivity contribution is -0.0768. The zero-order valence-corrected chi connectivity index (χ0v) is 8.44. The van der Waals surface area contributed by atoms with Crippen LogP contribution in [0.3, 0.4) is 0 Å². The largest absolute Gasteiger partial charge is 0.315 e. The van der Waals surface area contributed by atoms with Crippen molar-refractivity contribution in [2.75, 3.05) is 26.2 Å². The van der Waals surface area contributed by atoms with Gasteiger partial charge in [0.25, 0.3) is 5.92 Å². The predicted molar refractivity (Wildman–Crippen MR) is 51.6 cm³/mol. The highest BCUT2D eigenvalue weighted by molar-refractivity contribution is 4.85. The molecule has 0 spiro atoms. The van der Waals surface area contributed by atoms with E-state index in [2.05, 4.69) is 5.32 Å². The molecule has 0 aromatic carbocycles. The number of piperidine rings is 2. The van der Waals surface area contributed by atoms with Crippen LogP contribution in [-0.2, 0) is 0 Å². The third-order valence-electron chi connectivity index (χ3n) is 3.21. The Bertz CT molecular complexity index is 191. The van der Waals surface area contributed by atoms with Gasteiger partial charge in [0.1, 0.15) is 0 Å². The van der Waals surface area contributed by atoms with Crippen LogP contribution in [0.2, 0.25) is 0 Å². The van der Waals surface area contributed by atoms with E-state index in [1.54, 1.807) is 0 Å². The summed E-state index contributed by atoms with van der Waals surface area (Å²) >= 11 is 0. The van der Waals surface area contributed by atoms with E-state index in [4.69, 9.17) is 0 Å². The highest BCUT2D eigenvalue weighted by atomic mass is 19.3. The van der Waals surface area contributed by atoms with Crippen LogP contribution in [0.4, 0.5) is 8.78 Å². The first-order valence-corrected chi connectivity index (χ1v) is 5.50. The second kappa shape index (κ2) is 4.11. The van der Waals surface area contributed by atoms with Crippen molar-refractivity contribution in [2.45, 2.75) is 37.6 Å². The monoisotopic (exact) mass is 204 g/mol. The third kappa shape index (κ3) is 2.42. The molecule has 0 amide bonds. The molecular formula is C10H18F2N2. The first kappa shape index (κ1) is 10.3. The fraction of sp³-hybridized carbons (Fsp3) is 1.00. The molecule has 1 unspecified atom stereocenters. The average molecular weight is 204 g/mol. The molecule has 2 aliphatic rings. The van der Waals surface area contributed by atoms with Crippen molar-refractivity contribution in [1.82, 2.24) is 10.2 Å². The minimum atomic E-state index is -2.45. The molecule has 14 heavy (non-hydrogen) atoms. The Hall–Kier alpha value is -0.220. The van der Waals surface area contributed by atoms with Crippen LogP contribution in [0.5, 0.6) is 0 Å². The van der Waals surface area contributed by atoms with E-state index in [-0.39, 0.29) is 13.0 Å². The van der Waals surface area contributed by atoms with Crippen molar-refractivity contribution in [3.63, 3.8) is 0 Å². The lowest BCUT2D eigenvalue weighted by Gasteiger charge is -2.39. The van der Waals surface area contributed by atoms with Gasteiger partial charge in [0.05, 0.1) is 6.54 Å². The number of nitrogens with zero attached hydrogens (tertiary/aromatic N) is 1. The van der Waals surface area contributed by atoms with Crippen molar-refractivity contribution >= 4 is 0 Å². The van der Waals surface area contributed by atoms with E-state index in [1.807, 2.05) is 4.90 Å². The molecule has 0 radical (unpaired) electrons. The predicted octanol–water partition coefficient (Wildman–Crippen LogP) is 1.47. The Balaban J connectivity index is 1.89. The van der Waals surface area contributed by atoms with Crippen molar-refractivity contribution in [3.05, 3.63) is 0 Å². The quantitative estimate of drug-likeness (QED) is 0.696. The van der Waals surface area contributed by atoms with Gasteiger partial charge >= 0.3 is 0 Å². The van der Waals surface area contributed by atoms with Gasteiger partial charge in [-0.25, -0.2) is 8.78 Å². The van der Waals surface area contributed by atoms with Crippen LogP contribution in [0.15, 0.2) is 0 Å². The van der Waals surface area contributed by atoms with Gasteiger partial charge in [-0.05, 0) is 32.4 Å². The Labute approximate surface area is 83.7 Å². The number of hydrogen-bond donors (Lipinski definition) is 1. The summed E-state index contributed by atoms with van der Waals surface area (Å²) < 4.78 is 26.3. The summed E-state index contributed by atoms with van der Waals surface area (Å²) in [5, 5.41) is 3.27. The smallest absolute Gasteiger partial charge is 0.260 e. The van der Waals surface area contributed by atoms with Gasteiger partial charge in [-0.2, -0.15) is 0 Å². The number of rotatable bonds is 1. The zero-order chi connectivity index (χ0) is 10.0. The highest BCUT2D eigenvalue weighted by Crippen LogP contribution is 2.28. The van der Waals surface area contributed by atoms with E-state index >= 15 is 0 Å². The van der Waals surface area contributed by atoms with E-state index in [1.165, 1.54) is 0 Å². The molecule has 2 nitrogen and oxygen atoms in total. The Morgan fingerprint density at radius 3 is 2.79 bits per heavy atom. The zero-order valence-electron chi connectivity index (χ0n) is 8.44. The molecule has 1 N–H and O–H groups in total. The highest BCUT2D eigenvalue weighted by Gasteiger charge is 2.37. The molecule has 4 heteroatoms. The van der Waals surface area contributed by atoms with Gasteiger partial charge in [-0.1, -0.05) is 0 Å². The molecular weight excluding hydrogens is 186 g/mol. The maximum Gasteiger partial charge on any atom is 0.260 e. The van der Waals surface area contributed by atoms with Gasteiger partial charge in [-0.3, -0.25) is 4.90 Å². The molecule has 0 saturated carbocycles. The summed E-state index contributed by atoms with van der Waals surface area (Å²) in [7, 11) is 0. The number of hydrogen-bond acceptors (Lipinski definition) is 2. The number of likely N-dealkylation sites (tertiary alicyclic amines) is 1. The molecule has 2 saturated heterocycles. The molecule has 0 aromatic heterocycles. The van der Waals surface area contributed by atoms with E-state index < -0.39 is 5.92 Å². The fourth-order valence-corrected chi connectivity index (χ4v) is 2.45. The maximum atomic E-state index is 13.1. The minimum Gasteiger partial charge on any atom is -0.315 e. The van der Waals surface area contributed by atoms with Crippen molar-refractivity contribution < 1.29 is 8.78 Å². The van der Waals surface area contributed by atoms with Crippen LogP contribution < -0.4 is 5.32 Å². The molecule has 0 bridgehead atoms. The number of nitrogens with one attached hydrogen (secondary N) is 1. The van der Waals surface area contributed by atoms with Gasteiger partial charge in [0, 0.05) is 19.0 Å². The van der Waals surface area contributed by atoms with E-state index in [0.29, 0.717) is 12.5 Å². The van der Waals surface area contributed by atoms with E-state index in [9.17, 15) is 8.78 Å². The Kier molecular flexibility index (Phi) is 3.02. The van der Waals surface area contributed by atoms with Crippen LogP contribution in [0, 0.1) is 0 Å². The van der Waals surface area contributed by atoms with Gasteiger partial charge < -0.3 is 5.32 Å². The summed E-state index contributed by atoms with van der Waals surface area (Å²) in [5.74, 6) is -2.45. The normalized spacial score (nSPS) is 34.3. The van der Waals surface area contributed by atoms with Crippen LogP contribution in [0.25, 0.3) is 0 Å². The van der Waals surface area contributed by atoms with Gasteiger partial charge in [0.15, 0.2) is 0 Å². The van der Waals surface area contributed by atoms with Crippen LogP contribution >= 0.6 is 0 Å².